The highest BCUT2D eigenvalue weighted by Gasteiger charge is 2.16. The summed E-state index contributed by atoms with van der Waals surface area (Å²) in [6.07, 6.45) is 1.34. The molecule has 1 amide bonds. The zero-order valence-corrected chi connectivity index (χ0v) is 16.5. The van der Waals surface area contributed by atoms with Crippen LogP contribution < -0.4 is 20.5 Å². The van der Waals surface area contributed by atoms with Crippen LogP contribution in [0, 0.1) is 10.1 Å². The lowest BCUT2D eigenvalue weighted by Crippen LogP contribution is -2.32. The third-order valence-corrected chi connectivity index (χ3v) is 4.30. The Morgan fingerprint density at radius 2 is 2.00 bits per heavy atom. The van der Waals surface area contributed by atoms with Crippen LogP contribution in [0.3, 0.4) is 0 Å². The maximum Gasteiger partial charge on any atom is 0.295 e. The van der Waals surface area contributed by atoms with Gasteiger partial charge < -0.3 is 14.9 Å². The van der Waals surface area contributed by atoms with Crippen molar-refractivity contribution in [2.75, 3.05) is 12.4 Å². The van der Waals surface area contributed by atoms with Crippen molar-refractivity contribution in [1.82, 2.24) is 4.73 Å². The number of hydrogen-bond donors (Lipinski definition) is 1. The lowest BCUT2D eigenvalue weighted by atomic mass is 10.2. The molecule has 1 N–H and O–H groups in total. The van der Waals surface area contributed by atoms with Gasteiger partial charge in [-0.25, -0.2) is 0 Å². The first-order valence-electron chi connectivity index (χ1n) is 8.62. The van der Waals surface area contributed by atoms with E-state index < -0.39 is 16.4 Å². The van der Waals surface area contributed by atoms with E-state index in [-0.39, 0.29) is 17.9 Å². The Bertz CT molecular complexity index is 1160. The molecule has 154 valence electrons. The van der Waals surface area contributed by atoms with Crippen molar-refractivity contribution in [3.05, 3.63) is 97.4 Å². The number of anilines is 1. The molecular weight excluding hydrogens is 414 g/mol. The first-order valence-corrected chi connectivity index (χ1v) is 9.00. The predicted octanol–water partition coefficient (Wildman–Crippen LogP) is 3.30. The third kappa shape index (κ3) is 4.76. The van der Waals surface area contributed by atoms with E-state index in [1.807, 2.05) is 0 Å². The summed E-state index contributed by atoms with van der Waals surface area (Å²) in [5, 5.41) is 13.8. The Morgan fingerprint density at radius 1 is 1.20 bits per heavy atom. The molecule has 0 aliphatic heterocycles. The monoisotopic (exact) mass is 429 g/mol. The Kier molecular flexibility index (Phi) is 6.33. The van der Waals surface area contributed by atoms with Gasteiger partial charge >= 0.3 is 0 Å². The number of methoxy groups -OCH3 is 1. The minimum Gasteiger partial charge on any atom is -0.495 e. The van der Waals surface area contributed by atoms with E-state index in [9.17, 15) is 19.7 Å². The van der Waals surface area contributed by atoms with Crippen LogP contribution in [-0.2, 0) is 6.61 Å². The summed E-state index contributed by atoms with van der Waals surface area (Å²) in [4.78, 5) is 41.0. The number of benzene rings is 2. The van der Waals surface area contributed by atoms with E-state index in [0.717, 1.165) is 4.73 Å². The molecule has 0 fully saturated rings. The number of non-ortho nitro benzene ring substituents is 1. The van der Waals surface area contributed by atoms with Crippen molar-refractivity contribution in [3.8, 4) is 5.75 Å². The van der Waals surface area contributed by atoms with Gasteiger partial charge in [0.1, 0.15) is 17.9 Å². The molecular formula is C20H16ClN3O6. The number of amides is 1. The highest BCUT2D eigenvalue weighted by Crippen LogP contribution is 2.27. The van der Waals surface area contributed by atoms with Crippen LogP contribution in [-0.4, -0.2) is 22.7 Å². The number of nitro benzene ring substituents is 1. The van der Waals surface area contributed by atoms with E-state index >= 15 is 0 Å². The van der Waals surface area contributed by atoms with E-state index in [1.54, 1.807) is 18.2 Å². The molecule has 1 aromatic heterocycles. The molecule has 3 rings (SSSR count). The Labute approximate surface area is 175 Å². The van der Waals surface area contributed by atoms with Crippen LogP contribution in [0.1, 0.15) is 15.9 Å². The SMILES string of the molecule is COc1ccc(Cl)cc1NC(=O)c1cccn(OCc2cccc([N+](=O)[O-])c2)c1=O. The molecule has 0 atom stereocenters. The first-order chi connectivity index (χ1) is 14.4. The fraction of sp³-hybridized carbons (Fsp3) is 0.100. The number of ether oxygens (including phenoxy) is 1. The molecule has 9 nitrogen and oxygen atoms in total. The van der Waals surface area contributed by atoms with Crippen LogP contribution in [0.5, 0.6) is 5.75 Å². The number of halogens is 1. The standard InChI is InChI=1S/C20H16ClN3O6/c1-29-18-8-7-14(21)11-17(18)22-19(25)16-6-3-9-23(20(16)26)30-12-13-4-2-5-15(10-13)24(27)28/h2-11H,12H2,1H3,(H,22,25). The van der Waals surface area contributed by atoms with Crippen molar-refractivity contribution >= 4 is 28.9 Å². The van der Waals surface area contributed by atoms with E-state index in [1.165, 1.54) is 49.7 Å². The second kappa shape index (κ2) is 9.10. The fourth-order valence-corrected chi connectivity index (χ4v) is 2.79. The average Bonchev–Trinajstić information content (AvgIpc) is 2.73. The van der Waals surface area contributed by atoms with Gasteiger partial charge in [-0.05, 0) is 35.9 Å². The molecule has 0 saturated heterocycles. The van der Waals surface area contributed by atoms with Crippen molar-refractivity contribution < 1.29 is 19.3 Å². The Hall–Kier alpha value is -3.85. The van der Waals surface area contributed by atoms with Gasteiger partial charge in [0.15, 0.2) is 0 Å². The highest BCUT2D eigenvalue weighted by molar-refractivity contribution is 6.31. The highest BCUT2D eigenvalue weighted by atomic mass is 35.5. The smallest absolute Gasteiger partial charge is 0.295 e. The molecule has 3 aromatic rings. The summed E-state index contributed by atoms with van der Waals surface area (Å²) < 4.78 is 6.07. The fourth-order valence-electron chi connectivity index (χ4n) is 2.62. The summed E-state index contributed by atoms with van der Waals surface area (Å²) in [6.45, 7) is -0.102. The zero-order valence-electron chi connectivity index (χ0n) is 15.7. The number of nitro groups is 1. The second-order valence-corrected chi connectivity index (χ2v) is 6.49. The number of rotatable bonds is 7. The topological polar surface area (TPSA) is 113 Å². The number of pyridine rings is 1. The van der Waals surface area contributed by atoms with Gasteiger partial charge in [0, 0.05) is 23.4 Å². The molecule has 0 unspecified atom stereocenters. The quantitative estimate of drug-likeness (QED) is 0.455. The number of aromatic nitrogens is 1. The number of nitrogens with zero attached hydrogens (tertiary/aromatic N) is 2. The molecule has 0 bridgehead atoms. The van der Waals surface area contributed by atoms with E-state index in [4.69, 9.17) is 21.2 Å². The van der Waals surface area contributed by atoms with Gasteiger partial charge in [0.2, 0.25) is 0 Å². The second-order valence-electron chi connectivity index (χ2n) is 6.05. The van der Waals surface area contributed by atoms with E-state index in [2.05, 4.69) is 5.32 Å². The molecule has 0 radical (unpaired) electrons. The van der Waals surface area contributed by atoms with Crippen molar-refractivity contribution in [3.63, 3.8) is 0 Å². The maximum atomic E-state index is 12.6. The molecule has 0 aliphatic carbocycles. The van der Waals surface area contributed by atoms with Gasteiger partial charge in [-0.1, -0.05) is 23.7 Å². The van der Waals surface area contributed by atoms with Crippen molar-refractivity contribution in [2.24, 2.45) is 0 Å². The molecule has 0 saturated carbocycles. The largest absolute Gasteiger partial charge is 0.495 e. The van der Waals surface area contributed by atoms with Crippen LogP contribution in [0.2, 0.25) is 5.02 Å². The normalized spacial score (nSPS) is 10.3. The summed E-state index contributed by atoms with van der Waals surface area (Å²) in [7, 11) is 1.44. The third-order valence-electron chi connectivity index (χ3n) is 4.06. The summed E-state index contributed by atoms with van der Waals surface area (Å²) in [5.41, 5.74) is -0.149. The maximum absolute atomic E-state index is 12.6. The lowest BCUT2D eigenvalue weighted by Gasteiger charge is -2.12. The van der Waals surface area contributed by atoms with Crippen LogP contribution in [0.4, 0.5) is 11.4 Å². The molecule has 30 heavy (non-hydrogen) atoms. The minimum atomic E-state index is -0.693. The van der Waals surface area contributed by atoms with Crippen LogP contribution >= 0.6 is 11.6 Å². The van der Waals surface area contributed by atoms with Gasteiger partial charge in [-0.3, -0.25) is 19.7 Å². The first kappa shape index (κ1) is 20.9. The molecule has 10 heteroatoms. The summed E-state index contributed by atoms with van der Waals surface area (Å²) >= 11 is 5.96. The van der Waals surface area contributed by atoms with Gasteiger partial charge in [0.05, 0.1) is 17.7 Å². The predicted molar refractivity (Wildman–Crippen MR) is 110 cm³/mol. The molecule has 0 spiro atoms. The van der Waals surface area contributed by atoms with E-state index in [0.29, 0.717) is 22.0 Å². The number of hydrogen-bond acceptors (Lipinski definition) is 6. The lowest BCUT2D eigenvalue weighted by molar-refractivity contribution is -0.384. The molecule has 0 aliphatic rings. The van der Waals surface area contributed by atoms with Gasteiger partial charge in [-0.2, -0.15) is 4.73 Å². The van der Waals surface area contributed by atoms with Crippen LogP contribution in [0.25, 0.3) is 0 Å². The Balaban J connectivity index is 1.79. The van der Waals surface area contributed by atoms with Crippen LogP contribution in [0.15, 0.2) is 65.6 Å². The van der Waals surface area contributed by atoms with Crippen molar-refractivity contribution in [1.29, 1.82) is 0 Å². The average molecular weight is 430 g/mol. The molecule has 1 heterocycles. The number of carbonyl (C=O) groups excluding carboxylic acids is 1. The number of nitrogens with one attached hydrogen (secondary N) is 1. The number of carbonyl (C=O) groups is 1. The summed E-state index contributed by atoms with van der Waals surface area (Å²) in [5.74, 6) is -0.292. The summed E-state index contributed by atoms with van der Waals surface area (Å²) in [6, 6.07) is 13.3. The zero-order chi connectivity index (χ0) is 21.7. The Morgan fingerprint density at radius 3 is 2.73 bits per heavy atom. The minimum absolute atomic E-state index is 0.0907. The van der Waals surface area contributed by atoms with Gasteiger partial charge in [0.25, 0.3) is 17.2 Å². The molecule has 2 aromatic carbocycles. The van der Waals surface area contributed by atoms with Crippen molar-refractivity contribution in [2.45, 2.75) is 6.61 Å². The van der Waals surface area contributed by atoms with Gasteiger partial charge in [-0.15, -0.1) is 0 Å².